The van der Waals surface area contributed by atoms with Crippen molar-refractivity contribution in [1.82, 2.24) is 15.5 Å². The molecule has 3 amide bonds. The zero-order chi connectivity index (χ0) is 23.3. The Labute approximate surface area is 201 Å². The van der Waals surface area contributed by atoms with Crippen molar-refractivity contribution in [2.45, 2.75) is 86.9 Å². The number of nitrogens with zero attached hydrogens (tertiary/aromatic N) is 1. The smallest absolute Gasteiger partial charge is 0.315 e. The van der Waals surface area contributed by atoms with Crippen LogP contribution in [0.15, 0.2) is 24.3 Å². The highest BCUT2D eigenvalue weighted by atomic mass is 19.1. The molecule has 2 unspecified atom stereocenters. The normalized spacial score (nSPS) is 35.5. The minimum Gasteiger partial charge on any atom is -0.381 e. The third-order valence-electron chi connectivity index (χ3n) is 9.12. The zero-order valence-electron chi connectivity index (χ0n) is 19.9. The molecule has 4 bridgehead atoms. The summed E-state index contributed by atoms with van der Waals surface area (Å²) >= 11 is 0. The fourth-order valence-corrected chi connectivity index (χ4v) is 7.78. The number of ether oxygens (including phenoxy) is 1. The minimum atomic E-state index is -1.20. The molecular formula is C27H36FN3O3. The maximum atomic E-state index is 15.9. The van der Waals surface area contributed by atoms with Gasteiger partial charge in [-0.2, -0.15) is 0 Å². The van der Waals surface area contributed by atoms with E-state index in [1.54, 1.807) is 0 Å². The van der Waals surface area contributed by atoms with Crippen molar-refractivity contribution in [2.75, 3.05) is 26.3 Å². The van der Waals surface area contributed by atoms with Crippen LogP contribution in [-0.4, -0.2) is 60.4 Å². The Morgan fingerprint density at radius 2 is 1.56 bits per heavy atom. The highest BCUT2D eigenvalue weighted by Gasteiger charge is 2.58. The number of benzene rings is 1. The number of hydrogen-bond acceptors (Lipinski definition) is 3. The molecular weight excluding hydrogens is 433 g/mol. The van der Waals surface area contributed by atoms with Gasteiger partial charge < -0.3 is 20.3 Å². The van der Waals surface area contributed by atoms with Crippen LogP contribution in [0.1, 0.15) is 80.8 Å². The second-order valence-corrected chi connectivity index (χ2v) is 11.5. The molecule has 7 rings (SSSR count). The van der Waals surface area contributed by atoms with Crippen LogP contribution in [0.3, 0.4) is 0 Å². The maximum Gasteiger partial charge on any atom is 0.315 e. The van der Waals surface area contributed by atoms with Gasteiger partial charge in [0.2, 0.25) is 5.91 Å². The van der Waals surface area contributed by atoms with Gasteiger partial charge in [-0.3, -0.25) is 4.79 Å². The Balaban J connectivity index is 1.07. The van der Waals surface area contributed by atoms with Crippen molar-refractivity contribution in [3.05, 3.63) is 35.4 Å². The molecule has 2 atom stereocenters. The van der Waals surface area contributed by atoms with Crippen molar-refractivity contribution in [3.63, 3.8) is 0 Å². The average molecular weight is 470 g/mol. The SMILES string of the molecule is O=C(NC1CCN(C(=O)C2CCOCC2)CC1)NC12CC3CC(F)(CC(C1)c1ccccc13)C2. The van der Waals surface area contributed by atoms with E-state index in [-0.39, 0.29) is 35.7 Å². The number of rotatable bonds is 3. The van der Waals surface area contributed by atoms with Gasteiger partial charge in [0.25, 0.3) is 0 Å². The van der Waals surface area contributed by atoms with Crippen LogP contribution < -0.4 is 10.6 Å². The van der Waals surface area contributed by atoms with Gasteiger partial charge in [-0.25, -0.2) is 9.18 Å². The number of nitrogens with one attached hydrogen (secondary N) is 2. The monoisotopic (exact) mass is 469 g/mol. The predicted molar refractivity (Wildman–Crippen MR) is 126 cm³/mol. The first kappa shape index (κ1) is 22.3. The van der Waals surface area contributed by atoms with Crippen molar-refractivity contribution in [1.29, 1.82) is 0 Å². The Kier molecular flexibility index (Phi) is 5.58. The summed E-state index contributed by atoms with van der Waals surface area (Å²) in [6.07, 6.45) is 6.35. The second-order valence-electron chi connectivity index (χ2n) is 11.5. The van der Waals surface area contributed by atoms with E-state index < -0.39 is 11.2 Å². The lowest BCUT2D eigenvalue weighted by Gasteiger charge is -2.51. The summed E-state index contributed by atoms with van der Waals surface area (Å²) in [5.41, 5.74) is 0.895. The third kappa shape index (κ3) is 4.10. The second kappa shape index (κ2) is 8.51. The van der Waals surface area contributed by atoms with Gasteiger partial charge in [-0.05, 0) is 74.3 Å². The summed E-state index contributed by atoms with van der Waals surface area (Å²) in [6.45, 7) is 2.70. The van der Waals surface area contributed by atoms with Gasteiger partial charge in [0.15, 0.2) is 0 Å². The van der Waals surface area contributed by atoms with E-state index in [0.717, 1.165) is 38.5 Å². The molecule has 6 nitrogen and oxygen atoms in total. The van der Waals surface area contributed by atoms with Gasteiger partial charge in [-0.15, -0.1) is 0 Å². The van der Waals surface area contributed by atoms with Crippen molar-refractivity contribution >= 4 is 11.9 Å². The Bertz CT molecular complexity index is 919. The lowest BCUT2D eigenvalue weighted by atomic mass is 9.61. The number of likely N-dealkylation sites (tertiary alicyclic amines) is 1. The molecule has 34 heavy (non-hydrogen) atoms. The standard InChI is InChI=1S/C27H36FN3O3/c28-26-13-19-15-27(17-26,16-20(14-26)23-4-2-1-3-22(19)23)30-25(33)29-21-5-9-31(10-6-21)24(32)18-7-11-34-12-8-18/h1-4,18-21H,5-17H2,(H2,29,30,33). The molecule has 2 heterocycles. The van der Waals surface area contributed by atoms with Crippen molar-refractivity contribution in [2.24, 2.45) is 5.92 Å². The highest BCUT2D eigenvalue weighted by Crippen LogP contribution is 2.60. The zero-order valence-corrected chi connectivity index (χ0v) is 19.9. The predicted octanol–water partition coefficient (Wildman–Crippen LogP) is 4.01. The van der Waals surface area contributed by atoms with E-state index in [4.69, 9.17) is 4.74 Å². The van der Waals surface area contributed by atoms with Crippen molar-refractivity contribution < 1.29 is 18.7 Å². The van der Waals surface area contributed by atoms with Crippen LogP contribution in [-0.2, 0) is 9.53 Å². The molecule has 2 N–H and O–H groups in total. The largest absolute Gasteiger partial charge is 0.381 e. The molecule has 2 saturated heterocycles. The van der Waals surface area contributed by atoms with E-state index in [9.17, 15) is 9.59 Å². The molecule has 1 aromatic carbocycles. The van der Waals surface area contributed by atoms with E-state index in [0.29, 0.717) is 45.6 Å². The molecule has 0 spiro atoms. The Morgan fingerprint density at radius 1 is 0.941 bits per heavy atom. The summed E-state index contributed by atoms with van der Waals surface area (Å²) in [5, 5.41) is 6.43. The van der Waals surface area contributed by atoms with E-state index >= 15 is 4.39 Å². The first-order chi connectivity index (χ1) is 16.4. The fraction of sp³-hybridized carbons (Fsp3) is 0.704. The molecule has 0 aromatic heterocycles. The number of carbonyl (C=O) groups excluding carboxylic acids is 2. The number of hydrogen-bond donors (Lipinski definition) is 2. The van der Waals surface area contributed by atoms with Gasteiger partial charge in [0.05, 0.1) is 0 Å². The van der Waals surface area contributed by atoms with Crippen molar-refractivity contribution in [3.8, 4) is 0 Å². The average Bonchev–Trinajstić information content (AvgIpc) is 2.97. The molecule has 4 aliphatic carbocycles. The number of alkyl halides is 1. The van der Waals surface area contributed by atoms with Crippen LogP contribution >= 0.6 is 0 Å². The quantitative estimate of drug-likeness (QED) is 0.703. The number of carbonyl (C=O) groups is 2. The fourth-order valence-electron chi connectivity index (χ4n) is 7.78. The lowest BCUT2D eigenvalue weighted by Crippen LogP contribution is -2.62. The van der Waals surface area contributed by atoms with Crippen LogP contribution in [0.4, 0.5) is 9.18 Å². The molecule has 7 heteroatoms. The molecule has 184 valence electrons. The van der Waals surface area contributed by atoms with Gasteiger partial charge in [-0.1, -0.05) is 24.3 Å². The lowest BCUT2D eigenvalue weighted by molar-refractivity contribution is -0.139. The topological polar surface area (TPSA) is 70.7 Å². The first-order valence-corrected chi connectivity index (χ1v) is 13.2. The Hall–Kier alpha value is -2.15. The number of amides is 3. The molecule has 1 aromatic rings. The van der Waals surface area contributed by atoms with Crippen LogP contribution in [0, 0.1) is 5.92 Å². The maximum absolute atomic E-state index is 15.9. The molecule has 4 fully saturated rings. The highest BCUT2D eigenvalue weighted by molar-refractivity contribution is 5.79. The van der Waals surface area contributed by atoms with Crippen LogP contribution in [0.2, 0.25) is 0 Å². The molecule has 2 saturated carbocycles. The number of halogens is 1. The summed E-state index contributed by atoms with van der Waals surface area (Å²) in [5.74, 6) is 0.659. The van der Waals surface area contributed by atoms with E-state index in [1.165, 1.54) is 11.1 Å². The molecule has 6 aliphatic rings. The first-order valence-electron chi connectivity index (χ1n) is 13.2. The minimum absolute atomic E-state index is 0.0476. The third-order valence-corrected chi connectivity index (χ3v) is 9.12. The Morgan fingerprint density at radius 3 is 2.18 bits per heavy atom. The number of piperidine rings is 1. The summed E-state index contributed by atoms with van der Waals surface area (Å²) < 4.78 is 21.3. The van der Waals surface area contributed by atoms with Crippen LogP contribution in [0.25, 0.3) is 0 Å². The van der Waals surface area contributed by atoms with Gasteiger partial charge in [0, 0.05) is 50.2 Å². The summed E-state index contributed by atoms with van der Waals surface area (Å²) in [4.78, 5) is 27.9. The van der Waals surface area contributed by atoms with Gasteiger partial charge in [0.1, 0.15) is 5.67 Å². The van der Waals surface area contributed by atoms with Crippen LogP contribution in [0.5, 0.6) is 0 Å². The summed E-state index contributed by atoms with van der Waals surface area (Å²) in [7, 11) is 0. The summed E-state index contributed by atoms with van der Waals surface area (Å²) in [6, 6.07) is 8.31. The number of urea groups is 1. The van der Waals surface area contributed by atoms with E-state index in [2.05, 4.69) is 34.9 Å². The molecule has 0 radical (unpaired) electrons. The molecule has 2 aliphatic heterocycles. The van der Waals surface area contributed by atoms with Gasteiger partial charge >= 0.3 is 6.03 Å². The van der Waals surface area contributed by atoms with E-state index in [1.807, 2.05) is 4.90 Å².